The second-order valence-electron chi connectivity index (χ2n) is 4.32. The number of hydrogen-bond acceptors (Lipinski definition) is 4. The minimum atomic E-state index is 0.0128. The predicted molar refractivity (Wildman–Crippen MR) is 68.0 cm³/mol. The highest BCUT2D eigenvalue weighted by Crippen LogP contribution is 2.28. The molecule has 2 unspecified atom stereocenters. The number of methoxy groups -OCH3 is 1. The number of nitrogens with zero attached hydrogens (tertiary/aromatic N) is 1. The summed E-state index contributed by atoms with van der Waals surface area (Å²) in [7, 11) is 1.67. The van der Waals surface area contributed by atoms with E-state index < -0.39 is 0 Å². The molecule has 1 aromatic rings. The van der Waals surface area contributed by atoms with E-state index in [1.165, 1.54) is 9.75 Å². The van der Waals surface area contributed by atoms with Crippen LogP contribution in [-0.4, -0.2) is 37.1 Å². The van der Waals surface area contributed by atoms with Crippen LogP contribution in [0.15, 0.2) is 12.1 Å². The first-order valence-corrected chi connectivity index (χ1v) is 6.55. The van der Waals surface area contributed by atoms with Crippen molar-refractivity contribution in [2.75, 3.05) is 20.2 Å². The molecule has 4 nitrogen and oxygen atoms in total. The van der Waals surface area contributed by atoms with Crippen molar-refractivity contribution in [2.24, 2.45) is 0 Å². The second kappa shape index (κ2) is 5.16. The summed E-state index contributed by atoms with van der Waals surface area (Å²) < 4.78 is 5.23. The number of hydrogen-bond donors (Lipinski definition) is 1. The number of aryl methyl sites for hydroxylation is 1. The van der Waals surface area contributed by atoms with Crippen LogP contribution in [0.25, 0.3) is 0 Å². The van der Waals surface area contributed by atoms with Gasteiger partial charge in [0, 0.05) is 23.4 Å². The van der Waals surface area contributed by atoms with Gasteiger partial charge in [0.2, 0.25) is 5.91 Å². The Kier molecular flexibility index (Phi) is 3.81. The SMILES string of the molecule is COC(C)CN1C(=O)CNC1c1ccc(C)s1. The first-order valence-electron chi connectivity index (χ1n) is 5.74. The van der Waals surface area contributed by atoms with Crippen LogP contribution in [0.3, 0.4) is 0 Å². The molecule has 1 aromatic heterocycles. The molecular weight excluding hydrogens is 236 g/mol. The lowest BCUT2D eigenvalue weighted by Gasteiger charge is -2.25. The smallest absolute Gasteiger partial charge is 0.238 e. The zero-order chi connectivity index (χ0) is 12.4. The van der Waals surface area contributed by atoms with Gasteiger partial charge in [-0.25, -0.2) is 0 Å². The fraction of sp³-hybridized carbons (Fsp3) is 0.583. The van der Waals surface area contributed by atoms with Crippen molar-refractivity contribution in [1.29, 1.82) is 0 Å². The molecule has 5 heteroatoms. The molecule has 1 saturated heterocycles. The zero-order valence-corrected chi connectivity index (χ0v) is 11.2. The Morgan fingerprint density at radius 2 is 2.41 bits per heavy atom. The Labute approximate surface area is 106 Å². The first kappa shape index (κ1) is 12.5. The average Bonchev–Trinajstić information content (AvgIpc) is 2.87. The molecule has 0 aliphatic carbocycles. The summed E-state index contributed by atoms with van der Waals surface area (Å²) >= 11 is 1.73. The standard InChI is InChI=1S/C12H18N2O2S/c1-8(16-3)7-14-11(15)6-13-12(14)10-5-4-9(2)17-10/h4-5,8,12-13H,6-7H2,1-3H3. The molecule has 1 fully saturated rings. The number of carbonyl (C=O) groups excluding carboxylic acids is 1. The Morgan fingerprint density at radius 3 is 3.00 bits per heavy atom. The van der Waals surface area contributed by atoms with Gasteiger partial charge in [0.05, 0.1) is 12.6 Å². The molecule has 0 saturated carbocycles. The lowest BCUT2D eigenvalue weighted by atomic mass is 10.3. The second-order valence-corrected chi connectivity index (χ2v) is 5.64. The predicted octanol–water partition coefficient (Wildman–Crippen LogP) is 1.52. The number of carbonyl (C=O) groups is 1. The normalized spacial score (nSPS) is 22.2. The molecule has 1 aliphatic rings. The van der Waals surface area contributed by atoms with Gasteiger partial charge in [-0.1, -0.05) is 0 Å². The average molecular weight is 254 g/mol. The first-order chi connectivity index (χ1) is 8.11. The van der Waals surface area contributed by atoms with Crippen molar-refractivity contribution in [1.82, 2.24) is 10.2 Å². The van der Waals surface area contributed by atoms with Crippen molar-refractivity contribution in [3.05, 3.63) is 21.9 Å². The van der Waals surface area contributed by atoms with E-state index >= 15 is 0 Å². The molecule has 0 bridgehead atoms. The van der Waals surface area contributed by atoms with Gasteiger partial charge >= 0.3 is 0 Å². The summed E-state index contributed by atoms with van der Waals surface area (Å²) in [5.74, 6) is 0.143. The van der Waals surface area contributed by atoms with Crippen LogP contribution in [0, 0.1) is 6.92 Å². The molecular formula is C12H18N2O2S. The van der Waals surface area contributed by atoms with Crippen LogP contribution in [0.5, 0.6) is 0 Å². The third-order valence-electron chi connectivity index (χ3n) is 2.97. The summed E-state index contributed by atoms with van der Waals surface area (Å²) in [5.41, 5.74) is 0. The minimum Gasteiger partial charge on any atom is -0.380 e. The fourth-order valence-electron chi connectivity index (χ4n) is 1.95. The molecule has 2 heterocycles. The molecule has 0 aromatic carbocycles. The molecule has 2 rings (SSSR count). The van der Waals surface area contributed by atoms with Gasteiger partial charge in [-0.05, 0) is 26.0 Å². The molecule has 1 aliphatic heterocycles. The van der Waals surface area contributed by atoms with Gasteiger partial charge < -0.3 is 9.64 Å². The highest BCUT2D eigenvalue weighted by atomic mass is 32.1. The van der Waals surface area contributed by atoms with Crippen LogP contribution in [0.2, 0.25) is 0 Å². The molecule has 1 amide bonds. The number of rotatable bonds is 4. The van der Waals surface area contributed by atoms with Crippen molar-refractivity contribution < 1.29 is 9.53 Å². The van der Waals surface area contributed by atoms with Gasteiger partial charge in [-0.3, -0.25) is 10.1 Å². The van der Waals surface area contributed by atoms with E-state index in [2.05, 4.69) is 24.4 Å². The molecule has 1 N–H and O–H groups in total. The zero-order valence-electron chi connectivity index (χ0n) is 10.4. The van der Waals surface area contributed by atoms with E-state index in [0.717, 1.165) is 0 Å². The van der Waals surface area contributed by atoms with Crippen LogP contribution in [0.1, 0.15) is 22.8 Å². The molecule has 0 radical (unpaired) electrons. The summed E-state index contributed by atoms with van der Waals surface area (Å²) in [5, 5.41) is 3.25. The minimum absolute atomic E-state index is 0.0128. The van der Waals surface area contributed by atoms with Gasteiger partial charge in [-0.2, -0.15) is 0 Å². The summed E-state index contributed by atoms with van der Waals surface area (Å²) in [6.45, 7) is 5.09. The van der Waals surface area contributed by atoms with E-state index in [-0.39, 0.29) is 18.2 Å². The number of nitrogens with one attached hydrogen (secondary N) is 1. The number of amides is 1. The lowest BCUT2D eigenvalue weighted by Crippen LogP contribution is -2.36. The monoisotopic (exact) mass is 254 g/mol. The summed E-state index contributed by atoms with van der Waals surface area (Å²) in [6.07, 6.45) is 0.0706. The van der Waals surface area contributed by atoms with E-state index in [1.807, 2.05) is 11.8 Å². The highest BCUT2D eigenvalue weighted by molar-refractivity contribution is 7.12. The van der Waals surface area contributed by atoms with Crippen molar-refractivity contribution in [3.63, 3.8) is 0 Å². The van der Waals surface area contributed by atoms with Gasteiger partial charge in [0.25, 0.3) is 0 Å². The topological polar surface area (TPSA) is 41.6 Å². The maximum absolute atomic E-state index is 11.8. The van der Waals surface area contributed by atoms with Gasteiger partial charge in [0.15, 0.2) is 0 Å². The maximum Gasteiger partial charge on any atom is 0.238 e. The Morgan fingerprint density at radius 1 is 1.65 bits per heavy atom. The number of ether oxygens (including phenoxy) is 1. The van der Waals surface area contributed by atoms with Crippen LogP contribution < -0.4 is 5.32 Å². The largest absolute Gasteiger partial charge is 0.380 e. The molecule has 0 spiro atoms. The van der Waals surface area contributed by atoms with Crippen molar-refractivity contribution in [2.45, 2.75) is 26.1 Å². The number of thiophene rings is 1. The molecule has 2 atom stereocenters. The Bertz CT molecular complexity index is 405. The lowest BCUT2D eigenvalue weighted by molar-refractivity contribution is -0.129. The summed E-state index contributed by atoms with van der Waals surface area (Å²) in [4.78, 5) is 16.1. The van der Waals surface area contributed by atoms with Gasteiger partial charge in [0.1, 0.15) is 6.17 Å². The van der Waals surface area contributed by atoms with Gasteiger partial charge in [-0.15, -0.1) is 11.3 Å². The molecule has 94 valence electrons. The van der Waals surface area contributed by atoms with Crippen LogP contribution in [0.4, 0.5) is 0 Å². The van der Waals surface area contributed by atoms with Crippen LogP contribution >= 0.6 is 11.3 Å². The van der Waals surface area contributed by atoms with Crippen molar-refractivity contribution >= 4 is 17.2 Å². The van der Waals surface area contributed by atoms with E-state index in [0.29, 0.717) is 13.1 Å². The quantitative estimate of drug-likeness (QED) is 0.886. The summed E-state index contributed by atoms with van der Waals surface area (Å²) in [6, 6.07) is 4.17. The van der Waals surface area contributed by atoms with E-state index in [1.54, 1.807) is 18.4 Å². The molecule has 17 heavy (non-hydrogen) atoms. The third kappa shape index (κ3) is 2.68. The van der Waals surface area contributed by atoms with E-state index in [4.69, 9.17) is 4.74 Å². The Hall–Kier alpha value is -0.910. The Balaban J connectivity index is 2.13. The highest BCUT2D eigenvalue weighted by Gasteiger charge is 2.33. The van der Waals surface area contributed by atoms with Crippen molar-refractivity contribution in [3.8, 4) is 0 Å². The third-order valence-corrected chi connectivity index (χ3v) is 4.02. The maximum atomic E-state index is 11.8. The fourth-order valence-corrected chi connectivity index (χ4v) is 2.92. The van der Waals surface area contributed by atoms with Crippen LogP contribution in [-0.2, 0) is 9.53 Å². The van der Waals surface area contributed by atoms with E-state index in [9.17, 15) is 4.79 Å².